The number of nitrogens with zero attached hydrogens (tertiary/aromatic N) is 1. The number of carbonyl (C=O) groups is 1. The van der Waals surface area contributed by atoms with E-state index in [0.29, 0.717) is 0 Å². The summed E-state index contributed by atoms with van der Waals surface area (Å²) in [6, 6.07) is 0.931. The molecule has 1 fully saturated rings. The molecule has 3 heteroatoms. The molecule has 1 rings (SSSR count). The van der Waals surface area contributed by atoms with Gasteiger partial charge in [0.15, 0.2) is 0 Å². The molecule has 0 aromatic heterocycles. The van der Waals surface area contributed by atoms with Crippen molar-refractivity contribution in [3.05, 3.63) is 0 Å². The quantitative estimate of drug-likeness (QED) is 0.703. The summed E-state index contributed by atoms with van der Waals surface area (Å²) in [5.74, 6) is 0. The molecule has 3 nitrogen and oxygen atoms in total. The lowest BCUT2D eigenvalue weighted by atomic mass is 10.1. The largest absolute Gasteiger partial charge is 0.372 e. The average molecular weight is 200 g/mol. The molecule has 1 atom stereocenters. The van der Waals surface area contributed by atoms with E-state index in [-0.39, 0.29) is 6.41 Å². The van der Waals surface area contributed by atoms with Crippen molar-refractivity contribution in [2.45, 2.75) is 52.0 Å². The SMILES string of the molecule is CCCC1CCCN1CCC.NC=O. The molecule has 14 heavy (non-hydrogen) atoms. The van der Waals surface area contributed by atoms with Crippen molar-refractivity contribution >= 4 is 6.41 Å². The normalized spacial score (nSPS) is 21.4. The fourth-order valence-electron chi connectivity index (χ4n) is 2.14. The van der Waals surface area contributed by atoms with Gasteiger partial charge in [0.1, 0.15) is 0 Å². The molecule has 1 unspecified atom stereocenters. The van der Waals surface area contributed by atoms with E-state index in [1.807, 2.05) is 0 Å². The highest BCUT2D eigenvalue weighted by Crippen LogP contribution is 2.20. The summed E-state index contributed by atoms with van der Waals surface area (Å²) in [5.41, 5.74) is 4.17. The van der Waals surface area contributed by atoms with Crippen LogP contribution in [0, 0.1) is 0 Å². The van der Waals surface area contributed by atoms with Crippen molar-refractivity contribution in [3.8, 4) is 0 Å². The van der Waals surface area contributed by atoms with E-state index in [2.05, 4.69) is 24.5 Å². The number of hydrogen-bond acceptors (Lipinski definition) is 2. The zero-order valence-electron chi connectivity index (χ0n) is 9.54. The number of rotatable bonds is 4. The lowest BCUT2D eigenvalue weighted by Crippen LogP contribution is -2.29. The summed E-state index contributed by atoms with van der Waals surface area (Å²) in [7, 11) is 0. The molecule has 0 radical (unpaired) electrons. The predicted octanol–water partition coefficient (Wildman–Crippen LogP) is 1.76. The molecule has 0 saturated carbocycles. The van der Waals surface area contributed by atoms with Crippen LogP contribution in [0.5, 0.6) is 0 Å². The van der Waals surface area contributed by atoms with Crippen LogP contribution in [0.2, 0.25) is 0 Å². The summed E-state index contributed by atoms with van der Waals surface area (Å²) in [6.45, 7) is 7.26. The zero-order chi connectivity index (χ0) is 10.8. The first-order chi connectivity index (χ1) is 6.79. The van der Waals surface area contributed by atoms with Gasteiger partial charge in [-0.05, 0) is 38.8 Å². The van der Waals surface area contributed by atoms with E-state index in [4.69, 9.17) is 4.79 Å². The molecule has 0 spiro atoms. The van der Waals surface area contributed by atoms with Crippen molar-refractivity contribution < 1.29 is 4.79 Å². The molecule has 1 aliphatic rings. The van der Waals surface area contributed by atoms with Crippen LogP contribution in [0.4, 0.5) is 0 Å². The monoisotopic (exact) mass is 200 g/mol. The minimum Gasteiger partial charge on any atom is -0.372 e. The van der Waals surface area contributed by atoms with Gasteiger partial charge in [-0.2, -0.15) is 0 Å². The van der Waals surface area contributed by atoms with Crippen LogP contribution in [0.25, 0.3) is 0 Å². The van der Waals surface area contributed by atoms with Crippen LogP contribution in [0.15, 0.2) is 0 Å². The Morgan fingerprint density at radius 1 is 1.43 bits per heavy atom. The molecule has 84 valence electrons. The second-order valence-corrected chi connectivity index (χ2v) is 3.76. The van der Waals surface area contributed by atoms with Crippen LogP contribution in [0.1, 0.15) is 46.0 Å². The van der Waals surface area contributed by atoms with Gasteiger partial charge in [-0.3, -0.25) is 4.79 Å². The van der Waals surface area contributed by atoms with Gasteiger partial charge in [-0.1, -0.05) is 20.3 Å². The Morgan fingerprint density at radius 3 is 2.57 bits per heavy atom. The zero-order valence-corrected chi connectivity index (χ0v) is 9.54. The number of carbonyl (C=O) groups excluding carboxylic acids is 1. The second-order valence-electron chi connectivity index (χ2n) is 3.76. The molecule has 1 saturated heterocycles. The maximum atomic E-state index is 8.58. The topological polar surface area (TPSA) is 46.3 Å². The average Bonchev–Trinajstić information content (AvgIpc) is 2.56. The summed E-state index contributed by atoms with van der Waals surface area (Å²) >= 11 is 0. The molecular formula is C11H24N2O. The van der Waals surface area contributed by atoms with Crippen molar-refractivity contribution in [1.29, 1.82) is 0 Å². The number of nitrogens with two attached hydrogens (primary N) is 1. The van der Waals surface area contributed by atoms with Crippen LogP contribution in [-0.2, 0) is 4.79 Å². The first kappa shape index (κ1) is 13.4. The minimum absolute atomic E-state index is 0.250. The van der Waals surface area contributed by atoms with Gasteiger partial charge < -0.3 is 10.6 Å². The third-order valence-corrected chi connectivity index (χ3v) is 2.63. The highest BCUT2D eigenvalue weighted by molar-refractivity contribution is 5.42. The highest BCUT2D eigenvalue weighted by Gasteiger charge is 2.21. The van der Waals surface area contributed by atoms with Crippen LogP contribution >= 0.6 is 0 Å². The van der Waals surface area contributed by atoms with E-state index >= 15 is 0 Å². The summed E-state index contributed by atoms with van der Waals surface area (Å²) in [4.78, 5) is 11.3. The van der Waals surface area contributed by atoms with Gasteiger partial charge >= 0.3 is 0 Å². The Bertz CT molecular complexity index is 127. The molecule has 0 aromatic rings. The van der Waals surface area contributed by atoms with Gasteiger partial charge in [0.05, 0.1) is 0 Å². The van der Waals surface area contributed by atoms with Crippen molar-refractivity contribution in [1.82, 2.24) is 4.90 Å². The number of primary amides is 1. The molecule has 0 aromatic carbocycles. The highest BCUT2D eigenvalue weighted by atomic mass is 16.1. The fraction of sp³-hybridized carbons (Fsp3) is 0.909. The van der Waals surface area contributed by atoms with Crippen molar-refractivity contribution in [3.63, 3.8) is 0 Å². The lowest BCUT2D eigenvalue weighted by Gasteiger charge is -2.23. The Hall–Kier alpha value is -0.570. The van der Waals surface area contributed by atoms with E-state index in [1.165, 1.54) is 45.2 Å². The van der Waals surface area contributed by atoms with Gasteiger partial charge in [0.2, 0.25) is 6.41 Å². The van der Waals surface area contributed by atoms with E-state index in [1.54, 1.807) is 0 Å². The molecule has 2 N–H and O–H groups in total. The van der Waals surface area contributed by atoms with Gasteiger partial charge in [-0.25, -0.2) is 0 Å². The van der Waals surface area contributed by atoms with Crippen molar-refractivity contribution in [2.75, 3.05) is 13.1 Å². The standard InChI is InChI=1S/C10H21N.CH3NO/c1-3-6-10-7-5-9-11(10)8-4-2;2-1-3/h10H,3-9H2,1-2H3;1H,(H2,2,3). The molecule has 1 heterocycles. The lowest BCUT2D eigenvalue weighted by molar-refractivity contribution is -0.106. The number of hydrogen-bond donors (Lipinski definition) is 1. The van der Waals surface area contributed by atoms with E-state index in [9.17, 15) is 0 Å². The third-order valence-electron chi connectivity index (χ3n) is 2.63. The number of amides is 1. The Morgan fingerprint density at radius 2 is 2.07 bits per heavy atom. The summed E-state index contributed by atoms with van der Waals surface area (Å²) < 4.78 is 0. The maximum absolute atomic E-state index is 8.58. The molecule has 0 bridgehead atoms. The van der Waals surface area contributed by atoms with Crippen LogP contribution in [0.3, 0.4) is 0 Å². The summed E-state index contributed by atoms with van der Waals surface area (Å²) in [6.07, 6.45) is 7.23. The maximum Gasteiger partial charge on any atom is 0.204 e. The summed E-state index contributed by atoms with van der Waals surface area (Å²) in [5, 5.41) is 0. The molecule has 0 aliphatic carbocycles. The third kappa shape index (κ3) is 5.22. The van der Waals surface area contributed by atoms with Crippen molar-refractivity contribution in [2.24, 2.45) is 5.73 Å². The van der Waals surface area contributed by atoms with Gasteiger partial charge in [0.25, 0.3) is 0 Å². The minimum atomic E-state index is 0.250. The Labute approximate surface area is 87.6 Å². The first-order valence-corrected chi connectivity index (χ1v) is 5.69. The first-order valence-electron chi connectivity index (χ1n) is 5.69. The Balaban J connectivity index is 0.000000500. The smallest absolute Gasteiger partial charge is 0.204 e. The fourth-order valence-corrected chi connectivity index (χ4v) is 2.14. The molecule has 1 amide bonds. The number of likely N-dealkylation sites (tertiary alicyclic amines) is 1. The molecular weight excluding hydrogens is 176 g/mol. The second kappa shape index (κ2) is 9.00. The van der Waals surface area contributed by atoms with Gasteiger partial charge in [-0.15, -0.1) is 0 Å². The molecule has 1 aliphatic heterocycles. The van der Waals surface area contributed by atoms with Crippen LogP contribution in [-0.4, -0.2) is 30.4 Å². The predicted molar refractivity (Wildman–Crippen MR) is 60.0 cm³/mol. The van der Waals surface area contributed by atoms with E-state index < -0.39 is 0 Å². The van der Waals surface area contributed by atoms with Crippen LogP contribution < -0.4 is 5.73 Å². The Kier molecular flexibility index (Phi) is 8.64. The van der Waals surface area contributed by atoms with Gasteiger partial charge in [0, 0.05) is 6.04 Å². The van der Waals surface area contributed by atoms with E-state index in [0.717, 1.165) is 6.04 Å².